The number of nitrogens with zero attached hydrogens (tertiary/aromatic N) is 1. The number of benzene rings is 1. The van der Waals surface area contributed by atoms with Gasteiger partial charge in [0, 0.05) is 30.7 Å². The van der Waals surface area contributed by atoms with E-state index in [2.05, 4.69) is 21.2 Å². The van der Waals surface area contributed by atoms with Gasteiger partial charge >= 0.3 is 6.18 Å². The van der Waals surface area contributed by atoms with Crippen LogP contribution < -0.4 is 5.32 Å². The molecule has 1 aromatic carbocycles. The molecule has 0 radical (unpaired) electrons. The average Bonchev–Trinajstić information content (AvgIpc) is 2.37. The zero-order valence-corrected chi connectivity index (χ0v) is 11.5. The third-order valence-corrected chi connectivity index (χ3v) is 3.60. The summed E-state index contributed by atoms with van der Waals surface area (Å²) in [6.45, 7) is 2.02. The van der Waals surface area contributed by atoms with E-state index in [9.17, 15) is 18.0 Å². The fraction of sp³-hybridized carbons (Fsp3) is 0.417. The van der Waals surface area contributed by atoms with E-state index in [0.717, 1.165) is 6.07 Å². The summed E-state index contributed by atoms with van der Waals surface area (Å²) >= 11 is 3.04. The maximum Gasteiger partial charge on any atom is 0.417 e. The number of halogens is 4. The molecular weight excluding hydrogens is 325 g/mol. The number of piperazine rings is 1. The summed E-state index contributed by atoms with van der Waals surface area (Å²) < 4.78 is 39.0. The van der Waals surface area contributed by atoms with E-state index in [4.69, 9.17) is 0 Å². The first kappa shape index (κ1) is 14.3. The van der Waals surface area contributed by atoms with Crippen molar-refractivity contribution in [3.8, 4) is 0 Å². The third kappa shape index (κ3) is 3.09. The van der Waals surface area contributed by atoms with Crippen molar-refractivity contribution in [3.63, 3.8) is 0 Å². The van der Waals surface area contributed by atoms with Gasteiger partial charge in [0.2, 0.25) is 0 Å². The van der Waals surface area contributed by atoms with Crippen molar-refractivity contribution in [1.29, 1.82) is 0 Å². The number of carbonyl (C=O) groups is 1. The molecule has 1 aliphatic rings. The summed E-state index contributed by atoms with van der Waals surface area (Å²) in [7, 11) is 0. The minimum atomic E-state index is -4.54. The molecule has 1 amide bonds. The van der Waals surface area contributed by atoms with Crippen molar-refractivity contribution in [2.24, 2.45) is 0 Å². The van der Waals surface area contributed by atoms with Gasteiger partial charge in [0.1, 0.15) is 0 Å². The van der Waals surface area contributed by atoms with Crippen molar-refractivity contribution in [1.82, 2.24) is 10.2 Å². The van der Waals surface area contributed by atoms with Crippen molar-refractivity contribution in [2.75, 3.05) is 26.2 Å². The Morgan fingerprint density at radius 3 is 2.47 bits per heavy atom. The van der Waals surface area contributed by atoms with Crippen LogP contribution in [-0.4, -0.2) is 37.0 Å². The maximum atomic E-state index is 13.0. The molecule has 1 fully saturated rings. The van der Waals surface area contributed by atoms with Crippen molar-refractivity contribution in [3.05, 3.63) is 33.8 Å². The molecule has 7 heteroatoms. The molecule has 1 saturated heterocycles. The predicted octanol–water partition coefficient (Wildman–Crippen LogP) is 2.51. The number of carbonyl (C=O) groups excluding carboxylic acids is 1. The van der Waals surface area contributed by atoms with Gasteiger partial charge in [0.05, 0.1) is 11.1 Å². The zero-order chi connectivity index (χ0) is 14.0. The van der Waals surface area contributed by atoms with Gasteiger partial charge in [-0.25, -0.2) is 0 Å². The largest absolute Gasteiger partial charge is 0.417 e. The van der Waals surface area contributed by atoms with Gasteiger partial charge in [0.25, 0.3) is 5.91 Å². The molecule has 0 saturated carbocycles. The Morgan fingerprint density at radius 2 is 1.89 bits per heavy atom. The lowest BCUT2D eigenvalue weighted by atomic mass is 10.1. The van der Waals surface area contributed by atoms with Crippen molar-refractivity contribution >= 4 is 21.8 Å². The van der Waals surface area contributed by atoms with E-state index in [-0.39, 0.29) is 10.0 Å². The molecule has 0 aromatic heterocycles. The number of hydrogen-bond donors (Lipinski definition) is 1. The van der Waals surface area contributed by atoms with Gasteiger partial charge in [-0.05, 0) is 28.1 Å². The Hall–Kier alpha value is -1.08. The van der Waals surface area contributed by atoms with Gasteiger partial charge in [-0.1, -0.05) is 6.07 Å². The predicted molar refractivity (Wildman–Crippen MR) is 67.9 cm³/mol. The standard InChI is InChI=1S/C12H12BrF3N2O/c13-9-3-1-2-8(12(14,15)16)10(9)11(19)18-6-4-17-5-7-18/h1-3,17H,4-7H2. The van der Waals surface area contributed by atoms with Crippen LogP contribution in [0, 0.1) is 0 Å². The summed E-state index contributed by atoms with van der Waals surface area (Å²) in [5.41, 5.74) is -1.21. The number of hydrogen-bond acceptors (Lipinski definition) is 2. The summed E-state index contributed by atoms with van der Waals surface area (Å²) in [6, 6.07) is 3.66. The van der Waals surface area contributed by atoms with Crippen LogP contribution in [-0.2, 0) is 6.18 Å². The van der Waals surface area contributed by atoms with E-state index in [1.165, 1.54) is 17.0 Å². The summed E-state index contributed by atoms with van der Waals surface area (Å²) in [4.78, 5) is 13.7. The minimum absolute atomic E-state index is 0.172. The first-order valence-electron chi connectivity index (χ1n) is 5.77. The highest BCUT2D eigenvalue weighted by Crippen LogP contribution is 2.35. The van der Waals surface area contributed by atoms with Crippen LogP contribution >= 0.6 is 15.9 Å². The lowest BCUT2D eigenvalue weighted by Gasteiger charge is -2.28. The third-order valence-electron chi connectivity index (χ3n) is 2.94. The Morgan fingerprint density at radius 1 is 1.26 bits per heavy atom. The SMILES string of the molecule is O=C(c1c(Br)cccc1C(F)(F)F)N1CCNCC1. The number of alkyl halides is 3. The number of nitrogens with one attached hydrogen (secondary N) is 1. The zero-order valence-electron chi connectivity index (χ0n) is 9.93. The average molecular weight is 337 g/mol. The molecule has 0 aliphatic carbocycles. The Labute approximate surface area is 116 Å². The molecule has 19 heavy (non-hydrogen) atoms. The molecule has 1 heterocycles. The molecule has 0 unspecified atom stereocenters. The van der Waals surface area contributed by atoms with Crippen LogP contribution in [0.4, 0.5) is 13.2 Å². The number of rotatable bonds is 1. The lowest BCUT2D eigenvalue weighted by molar-refractivity contribution is -0.138. The molecule has 0 bridgehead atoms. The van der Waals surface area contributed by atoms with Crippen LogP contribution in [0.3, 0.4) is 0 Å². The van der Waals surface area contributed by atoms with E-state index < -0.39 is 17.6 Å². The van der Waals surface area contributed by atoms with Gasteiger partial charge < -0.3 is 10.2 Å². The van der Waals surface area contributed by atoms with E-state index in [1.807, 2.05) is 0 Å². The first-order valence-corrected chi connectivity index (χ1v) is 6.56. The quantitative estimate of drug-likeness (QED) is 0.854. The second kappa shape index (κ2) is 5.50. The summed E-state index contributed by atoms with van der Waals surface area (Å²) in [5, 5.41) is 3.05. The minimum Gasteiger partial charge on any atom is -0.336 e. The molecule has 2 rings (SSSR count). The molecule has 104 valence electrons. The van der Waals surface area contributed by atoms with Crippen LogP contribution in [0.2, 0.25) is 0 Å². The normalized spacial score (nSPS) is 16.5. The molecule has 3 nitrogen and oxygen atoms in total. The molecular formula is C12H12BrF3N2O. The van der Waals surface area contributed by atoms with Gasteiger partial charge in [-0.3, -0.25) is 4.79 Å². The monoisotopic (exact) mass is 336 g/mol. The second-order valence-corrected chi connectivity index (χ2v) is 5.06. The smallest absolute Gasteiger partial charge is 0.336 e. The van der Waals surface area contributed by atoms with Gasteiger partial charge in [-0.15, -0.1) is 0 Å². The van der Waals surface area contributed by atoms with Crippen molar-refractivity contribution < 1.29 is 18.0 Å². The van der Waals surface area contributed by atoms with Crippen LogP contribution in [0.1, 0.15) is 15.9 Å². The van der Waals surface area contributed by atoms with Crippen LogP contribution in [0.25, 0.3) is 0 Å². The Balaban J connectivity index is 2.40. The first-order chi connectivity index (χ1) is 8.91. The highest BCUT2D eigenvalue weighted by Gasteiger charge is 2.37. The highest BCUT2D eigenvalue weighted by molar-refractivity contribution is 9.10. The highest BCUT2D eigenvalue weighted by atomic mass is 79.9. The Kier molecular flexibility index (Phi) is 4.15. The fourth-order valence-electron chi connectivity index (χ4n) is 2.00. The number of amides is 1. The summed E-state index contributed by atoms with van der Waals surface area (Å²) in [6.07, 6.45) is -4.54. The van der Waals surface area contributed by atoms with Gasteiger partial charge in [0.15, 0.2) is 0 Å². The van der Waals surface area contributed by atoms with Crippen LogP contribution in [0.15, 0.2) is 22.7 Å². The molecule has 1 N–H and O–H groups in total. The Bertz CT molecular complexity index is 484. The summed E-state index contributed by atoms with van der Waals surface area (Å²) in [5.74, 6) is -0.582. The van der Waals surface area contributed by atoms with E-state index in [0.29, 0.717) is 26.2 Å². The fourth-order valence-corrected chi connectivity index (χ4v) is 2.54. The molecule has 0 atom stereocenters. The van der Waals surface area contributed by atoms with Gasteiger partial charge in [-0.2, -0.15) is 13.2 Å². The van der Waals surface area contributed by atoms with Crippen molar-refractivity contribution in [2.45, 2.75) is 6.18 Å². The topological polar surface area (TPSA) is 32.3 Å². The second-order valence-electron chi connectivity index (χ2n) is 4.20. The molecule has 0 spiro atoms. The van der Waals surface area contributed by atoms with Crippen LogP contribution in [0.5, 0.6) is 0 Å². The molecule has 1 aliphatic heterocycles. The maximum absolute atomic E-state index is 13.0. The van der Waals surface area contributed by atoms with E-state index >= 15 is 0 Å². The van der Waals surface area contributed by atoms with E-state index in [1.54, 1.807) is 0 Å². The lowest BCUT2D eigenvalue weighted by Crippen LogP contribution is -2.46. The molecule has 1 aromatic rings.